The topological polar surface area (TPSA) is 47.6 Å². The normalized spacial score (nSPS) is 9.27. The second-order valence-electron chi connectivity index (χ2n) is 1.76. The number of amides is 1. The van der Waals surface area contributed by atoms with Gasteiger partial charge in [-0.1, -0.05) is 0 Å². The molecule has 1 radical (unpaired) electrons. The maximum absolute atomic E-state index is 10.6. The Balaban J connectivity index is 3.04. The molecule has 0 aromatic rings. The number of hydrogen-bond donors (Lipinski definition) is 1. The van der Waals surface area contributed by atoms with Crippen molar-refractivity contribution < 1.29 is 14.3 Å². The van der Waals surface area contributed by atoms with Crippen molar-refractivity contribution in [1.29, 1.82) is 0 Å². The smallest absolute Gasteiger partial charge is 0.407 e. The van der Waals surface area contributed by atoms with Crippen LogP contribution >= 0.6 is 0 Å². The first kappa shape index (κ1) is 10.2. The van der Waals surface area contributed by atoms with Crippen molar-refractivity contribution in [3.8, 4) is 0 Å². The molecule has 0 fully saturated rings. The predicted molar refractivity (Wildman–Crippen MR) is 41.2 cm³/mol. The molecule has 0 aliphatic heterocycles. The lowest BCUT2D eigenvalue weighted by atomic mass is 10.7. The van der Waals surface area contributed by atoms with Gasteiger partial charge in [0.1, 0.15) is 6.61 Å². The molecule has 0 atom stereocenters. The van der Waals surface area contributed by atoms with Crippen molar-refractivity contribution in [3.63, 3.8) is 0 Å². The zero-order valence-electron chi connectivity index (χ0n) is 6.76. The van der Waals surface area contributed by atoms with Crippen LogP contribution in [0.4, 0.5) is 4.79 Å². The van der Waals surface area contributed by atoms with E-state index in [0.29, 0.717) is 26.4 Å². The third-order valence-corrected chi connectivity index (χ3v) is 0.934. The van der Waals surface area contributed by atoms with Crippen molar-refractivity contribution in [1.82, 2.24) is 5.32 Å². The average molecular weight is 160 g/mol. The molecule has 1 amide bonds. The maximum Gasteiger partial charge on any atom is 0.407 e. The molecule has 0 saturated heterocycles. The number of alkyl carbamates (subject to hydrolysis) is 1. The number of carbonyl (C=O) groups is 1. The minimum absolute atomic E-state index is 0.291. The van der Waals surface area contributed by atoms with Crippen LogP contribution < -0.4 is 5.32 Å². The summed E-state index contributed by atoms with van der Waals surface area (Å²) in [6.07, 6.45) is -0.445. The van der Waals surface area contributed by atoms with E-state index in [2.05, 4.69) is 17.0 Å². The largest absolute Gasteiger partial charge is 0.447 e. The highest BCUT2D eigenvalue weighted by Gasteiger charge is 1.96. The molecular formula is C7H14NO3. The van der Waals surface area contributed by atoms with Gasteiger partial charge in [-0.05, 0) is 13.8 Å². The van der Waals surface area contributed by atoms with Crippen LogP contribution in [-0.4, -0.2) is 32.5 Å². The summed E-state index contributed by atoms with van der Waals surface area (Å²) in [6, 6.07) is 0. The third kappa shape index (κ3) is 7.12. The number of hydrogen-bond acceptors (Lipinski definition) is 3. The Morgan fingerprint density at radius 3 is 2.82 bits per heavy atom. The van der Waals surface area contributed by atoms with Gasteiger partial charge >= 0.3 is 6.09 Å². The van der Waals surface area contributed by atoms with Crippen LogP contribution in [0.3, 0.4) is 0 Å². The zero-order valence-corrected chi connectivity index (χ0v) is 6.76. The fourth-order valence-corrected chi connectivity index (χ4v) is 0.491. The minimum Gasteiger partial charge on any atom is -0.447 e. The van der Waals surface area contributed by atoms with E-state index in [9.17, 15) is 4.79 Å². The van der Waals surface area contributed by atoms with Crippen molar-refractivity contribution >= 4 is 6.09 Å². The molecule has 65 valence electrons. The Hall–Kier alpha value is -0.770. The summed E-state index contributed by atoms with van der Waals surface area (Å²) in [7, 11) is 0. The van der Waals surface area contributed by atoms with Crippen LogP contribution in [0.25, 0.3) is 0 Å². The molecule has 11 heavy (non-hydrogen) atoms. The van der Waals surface area contributed by atoms with Crippen molar-refractivity contribution in [2.45, 2.75) is 6.92 Å². The molecule has 0 aromatic carbocycles. The first-order chi connectivity index (χ1) is 5.31. The molecule has 0 saturated carbocycles. The van der Waals surface area contributed by atoms with Gasteiger partial charge in [0, 0.05) is 13.2 Å². The molecule has 4 heteroatoms. The highest BCUT2D eigenvalue weighted by atomic mass is 16.6. The van der Waals surface area contributed by atoms with E-state index < -0.39 is 6.09 Å². The average Bonchev–Trinajstić information content (AvgIpc) is 1.99. The van der Waals surface area contributed by atoms with Gasteiger partial charge in [-0.25, -0.2) is 4.79 Å². The van der Waals surface area contributed by atoms with Gasteiger partial charge in [-0.15, -0.1) is 0 Å². The molecule has 0 rings (SSSR count). The molecule has 0 aliphatic carbocycles. The van der Waals surface area contributed by atoms with Crippen LogP contribution in [-0.2, 0) is 9.47 Å². The molecule has 0 bridgehead atoms. The summed E-state index contributed by atoms with van der Waals surface area (Å²) in [6.45, 7) is 7.03. The fourth-order valence-electron chi connectivity index (χ4n) is 0.491. The van der Waals surface area contributed by atoms with Gasteiger partial charge in [0.15, 0.2) is 0 Å². The van der Waals surface area contributed by atoms with Gasteiger partial charge in [-0.3, -0.25) is 0 Å². The quantitative estimate of drug-likeness (QED) is 0.598. The fraction of sp³-hybridized carbons (Fsp3) is 0.714. The Labute approximate surface area is 66.9 Å². The van der Waals surface area contributed by atoms with Crippen LogP contribution in [0.15, 0.2) is 0 Å². The van der Waals surface area contributed by atoms with Gasteiger partial charge < -0.3 is 14.8 Å². The Morgan fingerprint density at radius 2 is 2.27 bits per heavy atom. The maximum atomic E-state index is 10.6. The number of nitrogens with one attached hydrogen (secondary N) is 1. The third-order valence-electron chi connectivity index (χ3n) is 0.934. The minimum atomic E-state index is -0.445. The Kier molecular flexibility index (Phi) is 6.82. The lowest BCUT2D eigenvalue weighted by Gasteiger charge is -2.04. The first-order valence-electron chi connectivity index (χ1n) is 3.58. The number of rotatable bonds is 5. The van der Waals surface area contributed by atoms with E-state index in [-0.39, 0.29) is 0 Å². The summed E-state index contributed by atoms with van der Waals surface area (Å²) in [4.78, 5) is 10.6. The molecule has 4 nitrogen and oxygen atoms in total. The summed E-state index contributed by atoms with van der Waals surface area (Å²) >= 11 is 0. The lowest BCUT2D eigenvalue weighted by molar-refractivity contribution is 0.0793. The van der Waals surface area contributed by atoms with Crippen LogP contribution in [0.2, 0.25) is 0 Å². The molecule has 0 heterocycles. The van der Waals surface area contributed by atoms with Crippen LogP contribution in [0, 0.1) is 6.92 Å². The van der Waals surface area contributed by atoms with Gasteiger partial charge in [-0.2, -0.15) is 0 Å². The molecule has 0 aromatic heterocycles. The van der Waals surface area contributed by atoms with Crippen molar-refractivity contribution in [2.75, 3.05) is 26.4 Å². The number of carbonyl (C=O) groups excluding carboxylic acids is 1. The van der Waals surface area contributed by atoms with Crippen molar-refractivity contribution in [3.05, 3.63) is 6.92 Å². The highest BCUT2D eigenvalue weighted by molar-refractivity contribution is 5.67. The zero-order chi connectivity index (χ0) is 8.53. The Bertz CT molecular complexity index is 106. The highest BCUT2D eigenvalue weighted by Crippen LogP contribution is 1.78. The van der Waals surface area contributed by atoms with E-state index in [1.165, 1.54) is 0 Å². The molecule has 1 N–H and O–H groups in total. The second kappa shape index (κ2) is 7.34. The van der Waals surface area contributed by atoms with E-state index in [1.807, 2.05) is 6.92 Å². The van der Waals surface area contributed by atoms with Gasteiger partial charge in [0.25, 0.3) is 0 Å². The van der Waals surface area contributed by atoms with E-state index in [4.69, 9.17) is 4.74 Å². The summed E-state index contributed by atoms with van der Waals surface area (Å²) in [5, 5.41) is 2.39. The molecule has 0 aliphatic rings. The van der Waals surface area contributed by atoms with Gasteiger partial charge in [0.2, 0.25) is 0 Å². The van der Waals surface area contributed by atoms with E-state index >= 15 is 0 Å². The monoisotopic (exact) mass is 160 g/mol. The number of ether oxygens (including phenoxy) is 2. The van der Waals surface area contributed by atoms with Crippen LogP contribution in [0.5, 0.6) is 0 Å². The predicted octanol–water partition coefficient (Wildman–Crippen LogP) is 0.583. The lowest BCUT2D eigenvalue weighted by Crippen LogP contribution is -2.25. The first-order valence-corrected chi connectivity index (χ1v) is 3.58. The van der Waals surface area contributed by atoms with E-state index in [1.54, 1.807) is 0 Å². The van der Waals surface area contributed by atoms with E-state index in [0.717, 1.165) is 0 Å². The Morgan fingerprint density at radius 1 is 1.55 bits per heavy atom. The van der Waals surface area contributed by atoms with Crippen LogP contribution in [0.1, 0.15) is 6.92 Å². The standard InChI is InChI=1S/C7H14NO3/c1-3-8-7(9)11-6-5-10-4-2/h1,3-6H2,2H3,(H,8,9). The molecule has 0 spiro atoms. The summed E-state index contributed by atoms with van der Waals surface area (Å²) < 4.78 is 9.61. The second-order valence-corrected chi connectivity index (χ2v) is 1.76. The van der Waals surface area contributed by atoms with Gasteiger partial charge in [0.05, 0.1) is 6.61 Å². The summed E-state index contributed by atoms with van der Waals surface area (Å²) in [5.74, 6) is 0. The SMILES string of the molecule is [CH2]CNC(=O)OCCOCC. The molecule has 0 unspecified atom stereocenters. The summed E-state index contributed by atoms with van der Waals surface area (Å²) in [5.41, 5.74) is 0. The molecular weight excluding hydrogens is 146 g/mol. The van der Waals surface area contributed by atoms with Crippen molar-refractivity contribution in [2.24, 2.45) is 0 Å².